The van der Waals surface area contributed by atoms with Gasteiger partial charge in [-0.15, -0.1) is 0 Å². The molecule has 0 spiro atoms. The largest absolute Gasteiger partial charge is 0.497 e. The molecule has 0 atom stereocenters. The van der Waals surface area contributed by atoms with E-state index in [1.807, 2.05) is 0 Å². The number of amides is 2. The third kappa shape index (κ3) is 5.77. The second-order valence-corrected chi connectivity index (χ2v) is 7.66. The van der Waals surface area contributed by atoms with Gasteiger partial charge in [0.2, 0.25) is 10.0 Å². The molecule has 0 radical (unpaired) electrons. The number of rotatable bonds is 7. The lowest BCUT2D eigenvalue weighted by Gasteiger charge is -2.10. The second-order valence-electron chi connectivity index (χ2n) is 5.08. The molecule has 0 bridgehead atoms. The summed E-state index contributed by atoms with van der Waals surface area (Å²) in [5, 5.41) is 5.80. The van der Waals surface area contributed by atoms with E-state index in [2.05, 4.69) is 15.4 Å². The standard InChI is InChI=1S/C16H17Cl2N3O4S/c1-25-12-3-5-13(6-4-12)26(23,24)20-9-8-19-16(22)21-11-2-7-14(17)15(18)10-11/h2-7,10,20H,8-9H2,1H3,(H2,19,21,22). The van der Waals surface area contributed by atoms with Crippen molar-refractivity contribution in [3.8, 4) is 5.75 Å². The van der Waals surface area contributed by atoms with Crippen molar-refractivity contribution in [3.05, 3.63) is 52.5 Å². The summed E-state index contributed by atoms with van der Waals surface area (Å²) in [5.41, 5.74) is 0.468. The van der Waals surface area contributed by atoms with Crippen LogP contribution >= 0.6 is 23.2 Å². The minimum Gasteiger partial charge on any atom is -0.497 e. The predicted molar refractivity (Wildman–Crippen MR) is 102 cm³/mol. The number of ether oxygens (including phenoxy) is 1. The molecule has 2 rings (SSSR count). The van der Waals surface area contributed by atoms with E-state index < -0.39 is 16.1 Å². The third-order valence-electron chi connectivity index (χ3n) is 3.25. The van der Waals surface area contributed by atoms with E-state index in [4.69, 9.17) is 27.9 Å². The Morgan fingerprint density at radius 2 is 1.73 bits per heavy atom. The van der Waals surface area contributed by atoms with Crippen LogP contribution < -0.4 is 20.1 Å². The number of anilines is 1. The van der Waals surface area contributed by atoms with Crippen molar-refractivity contribution in [2.75, 3.05) is 25.5 Å². The highest BCUT2D eigenvalue weighted by molar-refractivity contribution is 7.89. The van der Waals surface area contributed by atoms with Gasteiger partial charge in [0, 0.05) is 18.8 Å². The fourth-order valence-electron chi connectivity index (χ4n) is 1.95. The summed E-state index contributed by atoms with van der Waals surface area (Å²) in [6.45, 7) is 0.131. The van der Waals surface area contributed by atoms with Gasteiger partial charge in [-0.05, 0) is 42.5 Å². The number of methoxy groups -OCH3 is 1. The van der Waals surface area contributed by atoms with Crippen molar-refractivity contribution in [3.63, 3.8) is 0 Å². The molecule has 0 aliphatic heterocycles. The van der Waals surface area contributed by atoms with E-state index in [0.717, 1.165) is 0 Å². The molecule has 0 aliphatic carbocycles. The number of urea groups is 1. The molecule has 0 heterocycles. The molecule has 0 aromatic heterocycles. The minimum absolute atomic E-state index is 0.0309. The number of benzene rings is 2. The lowest BCUT2D eigenvalue weighted by atomic mass is 10.3. The maximum Gasteiger partial charge on any atom is 0.319 e. The summed E-state index contributed by atoms with van der Waals surface area (Å²) in [5.74, 6) is 0.560. The first-order valence-corrected chi connectivity index (χ1v) is 9.69. The first kappa shape index (κ1) is 20.3. The molecule has 0 saturated heterocycles. The van der Waals surface area contributed by atoms with Gasteiger partial charge < -0.3 is 15.4 Å². The quantitative estimate of drug-likeness (QED) is 0.602. The van der Waals surface area contributed by atoms with Crippen LogP contribution in [0, 0.1) is 0 Å². The highest BCUT2D eigenvalue weighted by Gasteiger charge is 2.13. The molecule has 140 valence electrons. The average molecular weight is 418 g/mol. The molecule has 0 saturated carbocycles. The predicted octanol–water partition coefficient (Wildman–Crippen LogP) is 3.10. The Hall–Kier alpha value is -2.00. The lowest BCUT2D eigenvalue weighted by Crippen LogP contribution is -2.36. The summed E-state index contributed by atoms with van der Waals surface area (Å²) in [6.07, 6.45) is 0. The van der Waals surface area contributed by atoms with Crippen molar-refractivity contribution in [1.82, 2.24) is 10.0 Å². The van der Waals surface area contributed by atoms with Gasteiger partial charge in [-0.3, -0.25) is 0 Å². The van der Waals surface area contributed by atoms with E-state index in [1.165, 1.54) is 25.3 Å². The molecule has 0 aliphatic rings. The van der Waals surface area contributed by atoms with E-state index in [1.54, 1.807) is 24.3 Å². The summed E-state index contributed by atoms with van der Waals surface area (Å²) in [7, 11) is -2.17. The van der Waals surface area contributed by atoms with E-state index in [-0.39, 0.29) is 18.0 Å². The third-order valence-corrected chi connectivity index (χ3v) is 5.47. The van der Waals surface area contributed by atoms with Crippen LogP contribution in [0.15, 0.2) is 47.4 Å². The van der Waals surface area contributed by atoms with Gasteiger partial charge in [0.05, 0.1) is 22.1 Å². The van der Waals surface area contributed by atoms with Crippen LogP contribution in [0.2, 0.25) is 10.0 Å². The number of hydrogen-bond donors (Lipinski definition) is 3. The van der Waals surface area contributed by atoms with Crippen molar-refractivity contribution >= 4 is 44.9 Å². The Kier molecular flexibility index (Phi) is 7.10. The van der Waals surface area contributed by atoms with Crippen molar-refractivity contribution in [1.29, 1.82) is 0 Å². The van der Waals surface area contributed by atoms with Crippen molar-refractivity contribution in [2.24, 2.45) is 0 Å². The summed E-state index contributed by atoms with van der Waals surface area (Å²) >= 11 is 11.7. The normalized spacial score (nSPS) is 11.0. The smallest absolute Gasteiger partial charge is 0.319 e. The molecule has 2 aromatic carbocycles. The number of hydrogen-bond acceptors (Lipinski definition) is 4. The van der Waals surface area contributed by atoms with Crippen molar-refractivity contribution in [2.45, 2.75) is 4.90 Å². The first-order chi connectivity index (χ1) is 12.3. The number of carbonyl (C=O) groups is 1. The fourth-order valence-corrected chi connectivity index (χ4v) is 3.28. The molecule has 3 N–H and O–H groups in total. The molecular formula is C16H17Cl2N3O4S. The molecule has 2 amide bonds. The highest BCUT2D eigenvalue weighted by atomic mass is 35.5. The van der Waals surface area contributed by atoms with Gasteiger partial charge in [0.25, 0.3) is 0 Å². The molecule has 2 aromatic rings. The second kappa shape index (κ2) is 9.09. The minimum atomic E-state index is -3.66. The van der Waals surface area contributed by atoms with Crippen LogP contribution in [0.3, 0.4) is 0 Å². The Labute approximate surface area is 161 Å². The Balaban J connectivity index is 1.79. The molecule has 0 fully saturated rings. The zero-order valence-electron chi connectivity index (χ0n) is 13.8. The lowest BCUT2D eigenvalue weighted by molar-refractivity contribution is 0.252. The van der Waals surface area contributed by atoms with Crippen LogP contribution in [-0.4, -0.2) is 34.6 Å². The van der Waals surface area contributed by atoms with Gasteiger partial charge in [0.15, 0.2) is 0 Å². The number of halogens is 2. The van der Waals surface area contributed by atoms with Crippen LogP contribution in [-0.2, 0) is 10.0 Å². The van der Waals surface area contributed by atoms with Gasteiger partial charge in [-0.25, -0.2) is 17.9 Å². The fraction of sp³-hybridized carbons (Fsp3) is 0.188. The monoisotopic (exact) mass is 417 g/mol. The van der Waals surface area contributed by atoms with Gasteiger partial charge >= 0.3 is 6.03 Å². The molecule has 26 heavy (non-hydrogen) atoms. The molecule has 10 heteroatoms. The molecule has 7 nitrogen and oxygen atoms in total. The Bertz CT molecular complexity index is 874. The number of carbonyl (C=O) groups excluding carboxylic acids is 1. The molecular weight excluding hydrogens is 401 g/mol. The number of sulfonamides is 1. The maximum absolute atomic E-state index is 12.1. The summed E-state index contributed by atoms with van der Waals surface area (Å²) < 4.78 is 31.6. The summed E-state index contributed by atoms with van der Waals surface area (Å²) in [4.78, 5) is 11.9. The van der Waals surface area contributed by atoms with E-state index in [0.29, 0.717) is 21.5 Å². The maximum atomic E-state index is 12.1. The highest BCUT2D eigenvalue weighted by Crippen LogP contribution is 2.24. The van der Waals surface area contributed by atoms with Crippen molar-refractivity contribution < 1.29 is 17.9 Å². The van der Waals surface area contributed by atoms with Crippen LogP contribution in [0.5, 0.6) is 5.75 Å². The van der Waals surface area contributed by atoms with Crippen LogP contribution in [0.1, 0.15) is 0 Å². The van der Waals surface area contributed by atoms with Gasteiger partial charge in [-0.2, -0.15) is 0 Å². The van der Waals surface area contributed by atoms with E-state index >= 15 is 0 Å². The Morgan fingerprint density at radius 1 is 1.04 bits per heavy atom. The van der Waals surface area contributed by atoms with Gasteiger partial charge in [0.1, 0.15) is 5.75 Å². The number of nitrogens with one attached hydrogen (secondary N) is 3. The van der Waals surface area contributed by atoms with Crippen LogP contribution in [0.4, 0.5) is 10.5 Å². The average Bonchev–Trinajstić information content (AvgIpc) is 2.62. The first-order valence-electron chi connectivity index (χ1n) is 7.45. The van der Waals surface area contributed by atoms with E-state index in [9.17, 15) is 13.2 Å². The van der Waals surface area contributed by atoms with Gasteiger partial charge in [-0.1, -0.05) is 23.2 Å². The SMILES string of the molecule is COc1ccc(S(=O)(=O)NCCNC(=O)Nc2ccc(Cl)c(Cl)c2)cc1. The van der Waals surface area contributed by atoms with Crippen LogP contribution in [0.25, 0.3) is 0 Å². The zero-order chi connectivity index (χ0) is 19.2. The summed E-state index contributed by atoms with van der Waals surface area (Å²) in [6, 6.07) is 10.2. The Morgan fingerprint density at radius 3 is 2.35 bits per heavy atom. The molecule has 0 unspecified atom stereocenters. The zero-order valence-corrected chi connectivity index (χ0v) is 16.1. The topological polar surface area (TPSA) is 96.5 Å².